The van der Waals surface area contributed by atoms with Crippen molar-refractivity contribution in [1.29, 1.82) is 0 Å². The Labute approximate surface area is 141 Å². The lowest BCUT2D eigenvalue weighted by Crippen LogP contribution is -2.27. The molecular formula is C15H36N2O6. The molecule has 1 aliphatic rings. The van der Waals surface area contributed by atoms with Crippen molar-refractivity contribution in [1.82, 2.24) is 9.80 Å². The quantitative estimate of drug-likeness (QED) is 0.471. The maximum Gasteiger partial charge on any atom is 0.326 e. The third-order valence-corrected chi connectivity index (χ3v) is 1.88. The summed E-state index contributed by atoms with van der Waals surface area (Å²) in [5.74, 6) is -2.03. The molecule has 3 amide bonds. The molecule has 0 radical (unpaired) electrons. The van der Waals surface area contributed by atoms with Crippen LogP contribution in [0.1, 0.15) is 50.0 Å². The first kappa shape index (κ1) is 37.3. The van der Waals surface area contributed by atoms with Gasteiger partial charge in [0.25, 0.3) is 0 Å². The summed E-state index contributed by atoms with van der Waals surface area (Å²) < 4.78 is 4.04. The molecule has 1 saturated heterocycles. The van der Waals surface area contributed by atoms with Gasteiger partial charge < -0.3 is 14.7 Å². The van der Waals surface area contributed by atoms with E-state index in [9.17, 15) is 19.2 Å². The summed E-state index contributed by atoms with van der Waals surface area (Å²) in [7, 11) is 4.23. The molecule has 0 bridgehead atoms. The molecule has 8 nitrogen and oxygen atoms in total. The maximum absolute atomic E-state index is 10.7. The molecule has 0 saturated carbocycles. The topological polar surface area (TPSA) is 104 Å². The van der Waals surface area contributed by atoms with Gasteiger partial charge in [-0.25, -0.2) is 4.79 Å². The van der Waals surface area contributed by atoms with Gasteiger partial charge in [-0.3, -0.25) is 19.3 Å². The maximum atomic E-state index is 10.7. The zero-order valence-corrected chi connectivity index (χ0v) is 11.8. The van der Waals surface area contributed by atoms with Crippen molar-refractivity contribution in [2.45, 2.75) is 50.0 Å². The van der Waals surface area contributed by atoms with E-state index in [1.54, 1.807) is 7.05 Å². The van der Waals surface area contributed by atoms with Crippen molar-refractivity contribution < 1.29 is 29.0 Å². The van der Waals surface area contributed by atoms with E-state index in [0.29, 0.717) is 0 Å². The second kappa shape index (κ2) is 19.9. The van der Waals surface area contributed by atoms with Gasteiger partial charge >= 0.3 is 18.0 Å². The van der Waals surface area contributed by atoms with E-state index in [1.165, 1.54) is 11.9 Å². The minimum atomic E-state index is -1.17. The number of rotatable bonds is 2. The fourth-order valence-corrected chi connectivity index (χ4v) is 0.935. The molecular weight excluding hydrogens is 304 g/mol. The van der Waals surface area contributed by atoms with Crippen LogP contribution < -0.4 is 0 Å². The van der Waals surface area contributed by atoms with E-state index in [0.717, 1.165) is 12.0 Å². The Morgan fingerprint density at radius 2 is 1.48 bits per heavy atom. The minimum absolute atomic E-state index is 0. The summed E-state index contributed by atoms with van der Waals surface area (Å²) in [6.07, 6.45) is -0.559. The van der Waals surface area contributed by atoms with Crippen LogP contribution in [-0.4, -0.2) is 66.5 Å². The molecule has 0 spiro atoms. The fourth-order valence-electron chi connectivity index (χ4n) is 0.935. The molecule has 0 unspecified atom stereocenters. The second-order valence-corrected chi connectivity index (χ2v) is 3.24. The number of hydrogen-bond acceptors (Lipinski definition) is 5. The van der Waals surface area contributed by atoms with E-state index in [-0.39, 0.29) is 48.2 Å². The van der Waals surface area contributed by atoms with Gasteiger partial charge in [-0.15, -0.1) is 0 Å². The first-order valence-electron chi connectivity index (χ1n) is 5.59. The fraction of sp³-hybridized carbons (Fsp3) is 0.733. The molecule has 1 fully saturated rings. The van der Waals surface area contributed by atoms with E-state index >= 15 is 0 Å². The highest BCUT2D eigenvalue weighted by Gasteiger charge is 2.29. The standard InChI is InChI=1S/C5H8N2O2.C4H6O4.C2H6.4CH4/c1-6-3-4(8)7(2)5(6)9;1-8-4(7)2-3(5)6;1-2;;;;/h3H2,1-2H3;2H2,1H3,(H,5,6);1-2H3;4*1H4. The first-order valence-corrected chi connectivity index (χ1v) is 5.59. The van der Waals surface area contributed by atoms with Crippen molar-refractivity contribution in [2.75, 3.05) is 27.7 Å². The highest BCUT2D eigenvalue weighted by atomic mass is 16.5. The van der Waals surface area contributed by atoms with Crippen LogP contribution in [0, 0.1) is 0 Å². The average molecular weight is 340 g/mol. The van der Waals surface area contributed by atoms with Crippen molar-refractivity contribution in [3.05, 3.63) is 0 Å². The molecule has 0 aromatic rings. The van der Waals surface area contributed by atoms with Crippen LogP contribution in [0.4, 0.5) is 4.79 Å². The van der Waals surface area contributed by atoms with E-state index in [1.807, 2.05) is 13.8 Å². The second-order valence-electron chi connectivity index (χ2n) is 3.24. The number of carboxylic acids is 1. The van der Waals surface area contributed by atoms with Gasteiger partial charge in [-0.05, 0) is 0 Å². The molecule has 0 aliphatic carbocycles. The SMILES string of the molecule is C.C.C.C.CC.CN1CC(=O)N(C)C1=O.COC(=O)CC(=O)O. The monoisotopic (exact) mass is 340 g/mol. The Bertz CT molecular complexity index is 345. The lowest BCUT2D eigenvalue weighted by Gasteiger charge is -2.05. The molecule has 1 N–H and O–H groups in total. The Kier molecular flexibility index (Phi) is 32.2. The largest absolute Gasteiger partial charge is 0.481 e. The summed E-state index contributed by atoms with van der Waals surface area (Å²) in [6.45, 7) is 4.22. The van der Waals surface area contributed by atoms with Crippen LogP contribution in [0.5, 0.6) is 0 Å². The normalized spacial score (nSPS) is 10.8. The summed E-state index contributed by atoms with van der Waals surface area (Å²) in [6, 6.07) is -0.222. The zero-order chi connectivity index (χ0) is 15.6. The molecule has 142 valence electrons. The van der Waals surface area contributed by atoms with Gasteiger partial charge in [0.1, 0.15) is 13.0 Å². The van der Waals surface area contributed by atoms with Gasteiger partial charge in [0.05, 0.1) is 7.11 Å². The number of ether oxygens (including phenoxy) is 1. The Hall–Kier alpha value is -2.12. The van der Waals surface area contributed by atoms with Crippen LogP contribution in [-0.2, 0) is 19.1 Å². The Balaban J connectivity index is -0.0000000492. The van der Waals surface area contributed by atoms with Crippen LogP contribution >= 0.6 is 0 Å². The number of nitrogens with zero attached hydrogens (tertiary/aromatic N) is 2. The van der Waals surface area contributed by atoms with Gasteiger partial charge in [0.15, 0.2) is 0 Å². The Morgan fingerprint density at radius 3 is 1.57 bits per heavy atom. The lowest BCUT2D eigenvalue weighted by molar-refractivity contribution is -0.149. The number of likely N-dealkylation sites (N-methyl/N-ethyl adjacent to an activating group) is 2. The molecule has 1 aliphatic heterocycles. The number of amides is 3. The summed E-state index contributed by atoms with van der Waals surface area (Å²) >= 11 is 0. The van der Waals surface area contributed by atoms with Crippen molar-refractivity contribution >= 4 is 23.9 Å². The predicted molar refractivity (Wildman–Crippen MR) is 93.3 cm³/mol. The van der Waals surface area contributed by atoms with Gasteiger partial charge in [-0.2, -0.15) is 0 Å². The van der Waals surface area contributed by atoms with Gasteiger partial charge in [0.2, 0.25) is 5.91 Å². The molecule has 0 atom stereocenters. The van der Waals surface area contributed by atoms with Crippen LogP contribution in [0.2, 0.25) is 0 Å². The average Bonchev–Trinajstić information content (AvgIpc) is 2.58. The van der Waals surface area contributed by atoms with Crippen LogP contribution in [0.25, 0.3) is 0 Å². The van der Waals surface area contributed by atoms with E-state index in [2.05, 4.69) is 4.74 Å². The van der Waals surface area contributed by atoms with Crippen molar-refractivity contribution in [2.24, 2.45) is 0 Å². The summed E-state index contributed by atoms with van der Waals surface area (Å²) in [5.41, 5.74) is 0. The predicted octanol–water partition coefficient (Wildman–Crippen LogP) is 2.71. The summed E-state index contributed by atoms with van der Waals surface area (Å²) in [5, 5.41) is 7.91. The van der Waals surface area contributed by atoms with E-state index in [4.69, 9.17) is 5.11 Å². The zero-order valence-electron chi connectivity index (χ0n) is 11.8. The molecule has 8 heteroatoms. The summed E-state index contributed by atoms with van der Waals surface area (Å²) in [4.78, 5) is 43.6. The first-order chi connectivity index (χ1) is 8.79. The molecule has 23 heavy (non-hydrogen) atoms. The minimum Gasteiger partial charge on any atom is -0.481 e. The lowest BCUT2D eigenvalue weighted by atomic mass is 10.4. The number of carbonyl (C=O) groups excluding carboxylic acids is 3. The number of methoxy groups -OCH3 is 1. The number of imide groups is 1. The third kappa shape index (κ3) is 16.1. The molecule has 0 aromatic carbocycles. The number of esters is 1. The number of carbonyl (C=O) groups is 4. The van der Waals surface area contributed by atoms with E-state index < -0.39 is 18.4 Å². The number of aliphatic carboxylic acids is 1. The molecule has 1 rings (SSSR count). The van der Waals surface area contributed by atoms with Gasteiger partial charge in [-0.1, -0.05) is 43.6 Å². The number of urea groups is 1. The number of carboxylic acid groups (broad SMARTS) is 1. The Morgan fingerprint density at radius 1 is 1.09 bits per heavy atom. The molecule has 0 aromatic heterocycles. The van der Waals surface area contributed by atoms with Crippen LogP contribution in [0.3, 0.4) is 0 Å². The van der Waals surface area contributed by atoms with Crippen LogP contribution in [0.15, 0.2) is 0 Å². The highest BCUT2D eigenvalue weighted by molar-refractivity contribution is 6.01. The number of hydrogen-bond donors (Lipinski definition) is 1. The third-order valence-electron chi connectivity index (χ3n) is 1.88. The van der Waals surface area contributed by atoms with Gasteiger partial charge in [0, 0.05) is 14.1 Å². The van der Waals surface area contributed by atoms with Crippen molar-refractivity contribution in [3.8, 4) is 0 Å². The smallest absolute Gasteiger partial charge is 0.326 e. The molecule has 1 heterocycles. The van der Waals surface area contributed by atoms with Crippen molar-refractivity contribution in [3.63, 3.8) is 0 Å². The highest BCUT2D eigenvalue weighted by Crippen LogP contribution is 2.02.